The highest BCUT2D eigenvalue weighted by Crippen LogP contribution is 2.34. The molecule has 10 heteroatoms. The molecule has 0 fully saturated rings. The van der Waals surface area contributed by atoms with Crippen LogP contribution in [0.15, 0.2) is 48.7 Å². The number of halogens is 2. The van der Waals surface area contributed by atoms with Crippen molar-refractivity contribution in [1.29, 1.82) is 0 Å². The Morgan fingerprint density at radius 3 is 2.45 bits per heavy atom. The highest BCUT2D eigenvalue weighted by atomic mass is 35.5. The summed E-state index contributed by atoms with van der Waals surface area (Å²) in [5.74, 6) is -1.15. The summed E-state index contributed by atoms with van der Waals surface area (Å²) in [7, 11) is -2.68. The summed E-state index contributed by atoms with van der Waals surface area (Å²) in [6, 6.07) is 10.1. The van der Waals surface area contributed by atoms with Crippen LogP contribution in [0.2, 0.25) is 10.0 Å². The van der Waals surface area contributed by atoms with Gasteiger partial charge in [-0.2, -0.15) is 0 Å². The van der Waals surface area contributed by atoms with E-state index in [9.17, 15) is 18.0 Å². The summed E-state index contributed by atoms with van der Waals surface area (Å²) >= 11 is 12.3. The number of anilines is 1. The first kappa shape index (κ1) is 23.1. The molecule has 2 aromatic carbocycles. The quantitative estimate of drug-likeness (QED) is 0.478. The minimum Gasteiger partial charge on any atom is -0.465 e. The van der Waals surface area contributed by atoms with E-state index in [0.29, 0.717) is 10.9 Å². The number of nitrogens with zero attached hydrogens (tertiary/aromatic N) is 2. The van der Waals surface area contributed by atoms with Gasteiger partial charge in [0.05, 0.1) is 35.2 Å². The Kier molecular flexibility index (Phi) is 6.64. The highest BCUT2D eigenvalue weighted by Gasteiger charge is 2.35. The van der Waals surface area contributed by atoms with Crippen LogP contribution >= 0.6 is 23.2 Å². The number of para-hydroxylation sites is 1. The van der Waals surface area contributed by atoms with Crippen molar-refractivity contribution in [3.8, 4) is 0 Å². The maximum absolute atomic E-state index is 13.6. The lowest BCUT2D eigenvalue weighted by Crippen LogP contribution is -2.46. The summed E-state index contributed by atoms with van der Waals surface area (Å²) in [6.07, 6.45) is 2.50. The van der Waals surface area contributed by atoms with Gasteiger partial charge in [-0.1, -0.05) is 48.3 Å². The Morgan fingerprint density at radius 2 is 1.84 bits per heavy atom. The molecule has 0 amide bonds. The van der Waals surface area contributed by atoms with Crippen molar-refractivity contribution in [2.75, 3.05) is 17.7 Å². The number of methoxy groups -OCH3 is 1. The van der Waals surface area contributed by atoms with Crippen LogP contribution in [0.3, 0.4) is 0 Å². The molecule has 1 heterocycles. The third-order valence-electron chi connectivity index (χ3n) is 4.81. The van der Waals surface area contributed by atoms with Gasteiger partial charge in [0, 0.05) is 16.6 Å². The molecular weight excluding hydrogens is 463 g/mol. The molecule has 0 saturated carbocycles. The summed E-state index contributed by atoms with van der Waals surface area (Å²) in [5.41, 5.74) is 0.756. The van der Waals surface area contributed by atoms with Gasteiger partial charge in [0.15, 0.2) is 0 Å². The molecule has 0 aliphatic heterocycles. The molecule has 0 bridgehead atoms. The zero-order valence-electron chi connectivity index (χ0n) is 17.0. The van der Waals surface area contributed by atoms with E-state index in [2.05, 4.69) is 0 Å². The number of benzene rings is 2. The second-order valence-electron chi connectivity index (χ2n) is 6.84. The molecule has 0 saturated heterocycles. The number of rotatable bonds is 6. The Labute approximate surface area is 190 Å². The van der Waals surface area contributed by atoms with Crippen LogP contribution in [0.5, 0.6) is 0 Å². The molecule has 164 valence electrons. The van der Waals surface area contributed by atoms with E-state index in [1.54, 1.807) is 31.2 Å². The Balaban J connectivity index is 2.20. The molecule has 0 radical (unpaired) electrons. The van der Waals surface area contributed by atoms with E-state index >= 15 is 0 Å². The molecule has 0 aliphatic rings. The normalized spacial score (nSPS) is 12.5. The smallest absolute Gasteiger partial charge is 0.340 e. The molecule has 7 nitrogen and oxygen atoms in total. The van der Waals surface area contributed by atoms with Crippen LogP contribution in [0.1, 0.15) is 28.5 Å². The SMILES string of the molecule is CC[C@@H](C(=O)n1cc(C(=O)OC)c2ccccc21)N(c1cc(Cl)ccc1Cl)S(C)(=O)=O. The Bertz CT molecular complexity index is 1270. The fourth-order valence-corrected chi connectivity index (χ4v) is 5.10. The van der Waals surface area contributed by atoms with Crippen molar-refractivity contribution in [2.45, 2.75) is 19.4 Å². The second-order valence-corrected chi connectivity index (χ2v) is 9.54. The highest BCUT2D eigenvalue weighted by molar-refractivity contribution is 7.92. The number of fused-ring (bicyclic) bond motifs is 1. The molecule has 1 aromatic heterocycles. The van der Waals surface area contributed by atoms with Gasteiger partial charge in [-0.25, -0.2) is 13.2 Å². The van der Waals surface area contributed by atoms with Crippen molar-refractivity contribution >= 4 is 61.7 Å². The summed E-state index contributed by atoms with van der Waals surface area (Å²) in [4.78, 5) is 25.8. The number of aromatic nitrogens is 1. The molecule has 0 aliphatic carbocycles. The van der Waals surface area contributed by atoms with Gasteiger partial charge in [0.1, 0.15) is 6.04 Å². The predicted molar refractivity (Wildman–Crippen MR) is 122 cm³/mol. The first-order chi connectivity index (χ1) is 14.6. The number of carbonyl (C=O) groups excluding carboxylic acids is 2. The van der Waals surface area contributed by atoms with Crippen molar-refractivity contribution in [3.05, 3.63) is 64.3 Å². The number of hydrogen-bond acceptors (Lipinski definition) is 5. The maximum Gasteiger partial charge on any atom is 0.340 e. The van der Waals surface area contributed by atoms with Crippen LogP contribution in [0.25, 0.3) is 10.9 Å². The number of ether oxygens (including phenoxy) is 1. The van der Waals surface area contributed by atoms with Gasteiger partial charge in [-0.3, -0.25) is 13.7 Å². The molecule has 3 rings (SSSR count). The van der Waals surface area contributed by atoms with Crippen LogP contribution < -0.4 is 4.31 Å². The fraction of sp³-hybridized carbons (Fsp3) is 0.238. The van der Waals surface area contributed by atoms with Crippen molar-refractivity contribution in [3.63, 3.8) is 0 Å². The van der Waals surface area contributed by atoms with Gasteiger partial charge in [-0.15, -0.1) is 0 Å². The summed E-state index contributed by atoms with van der Waals surface area (Å²) in [5, 5.41) is 0.924. The van der Waals surface area contributed by atoms with E-state index in [4.69, 9.17) is 27.9 Å². The Hall–Kier alpha value is -2.55. The van der Waals surface area contributed by atoms with Crippen LogP contribution in [0.4, 0.5) is 5.69 Å². The zero-order valence-corrected chi connectivity index (χ0v) is 19.3. The minimum atomic E-state index is -3.92. The lowest BCUT2D eigenvalue weighted by molar-refractivity contribution is 0.0603. The van der Waals surface area contributed by atoms with E-state index < -0.39 is 27.9 Å². The van der Waals surface area contributed by atoms with Gasteiger partial charge >= 0.3 is 5.97 Å². The fourth-order valence-electron chi connectivity index (χ4n) is 3.47. The van der Waals surface area contributed by atoms with Crippen LogP contribution in [-0.2, 0) is 14.8 Å². The van der Waals surface area contributed by atoms with Crippen molar-refractivity contribution in [1.82, 2.24) is 4.57 Å². The Morgan fingerprint density at radius 1 is 1.16 bits per heavy atom. The largest absolute Gasteiger partial charge is 0.465 e. The monoisotopic (exact) mass is 482 g/mol. The zero-order chi connectivity index (χ0) is 22.9. The molecule has 0 N–H and O–H groups in total. The molecule has 1 atom stereocenters. The maximum atomic E-state index is 13.6. The van der Waals surface area contributed by atoms with E-state index in [1.165, 1.54) is 36.1 Å². The van der Waals surface area contributed by atoms with Gasteiger partial charge in [-0.05, 0) is 30.7 Å². The van der Waals surface area contributed by atoms with Crippen molar-refractivity contribution in [2.24, 2.45) is 0 Å². The van der Waals surface area contributed by atoms with Gasteiger partial charge < -0.3 is 4.74 Å². The van der Waals surface area contributed by atoms with E-state index in [0.717, 1.165) is 10.6 Å². The lowest BCUT2D eigenvalue weighted by Gasteiger charge is -2.31. The first-order valence-electron chi connectivity index (χ1n) is 9.27. The van der Waals surface area contributed by atoms with Gasteiger partial charge in [0.25, 0.3) is 5.91 Å². The summed E-state index contributed by atoms with van der Waals surface area (Å²) < 4.78 is 32.5. The minimum absolute atomic E-state index is 0.0986. The van der Waals surface area contributed by atoms with Crippen LogP contribution in [0, 0.1) is 0 Å². The third kappa shape index (κ3) is 4.42. The average molecular weight is 483 g/mol. The second kappa shape index (κ2) is 8.90. The number of carbonyl (C=O) groups is 2. The number of esters is 1. The first-order valence-corrected chi connectivity index (χ1v) is 11.9. The van der Waals surface area contributed by atoms with Gasteiger partial charge in [0.2, 0.25) is 10.0 Å². The third-order valence-corrected chi connectivity index (χ3v) is 6.53. The molecule has 31 heavy (non-hydrogen) atoms. The topological polar surface area (TPSA) is 85.7 Å². The molecular formula is C21H20Cl2N2O5S. The number of hydrogen-bond donors (Lipinski definition) is 0. The molecule has 3 aromatic rings. The van der Waals surface area contributed by atoms with E-state index in [1.807, 2.05) is 0 Å². The number of sulfonamides is 1. The lowest BCUT2D eigenvalue weighted by atomic mass is 10.1. The van der Waals surface area contributed by atoms with Crippen LogP contribution in [-0.4, -0.2) is 44.3 Å². The summed E-state index contributed by atoms with van der Waals surface area (Å²) in [6.45, 7) is 1.69. The van der Waals surface area contributed by atoms with Crippen molar-refractivity contribution < 1.29 is 22.7 Å². The molecule has 0 spiro atoms. The predicted octanol–water partition coefficient (Wildman–Crippen LogP) is 4.62. The van der Waals surface area contributed by atoms with E-state index in [-0.39, 0.29) is 27.7 Å². The standard InChI is InChI=1S/C21H20Cl2N2O5S/c1-4-17(25(31(3,28)29)19-11-13(22)9-10-16(19)23)20(26)24-12-15(21(27)30-2)14-7-5-6-8-18(14)24/h5-12,17H,4H2,1-3H3/t17-/m0/s1. The average Bonchev–Trinajstić information content (AvgIpc) is 3.12. The molecule has 0 unspecified atom stereocenters.